The second-order valence-corrected chi connectivity index (χ2v) is 11.5. The van der Waals surface area contributed by atoms with Gasteiger partial charge in [0.25, 0.3) is 5.78 Å². The van der Waals surface area contributed by atoms with Crippen molar-refractivity contribution in [2.24, 2.45) is 0 Å². The second kappa shape index (κ2) is 5.26. The lowest BCUT2D eigenvalue weighted by Crippen LogP contribution is -2.33. The first kappa shape index (κ1) is 14.0. The molecule has 1 heterocycles. The van der Waals surface area contributed by atoms with E-state index in [1.807, 2.05) is 6.07 Å². The molecule has 0 spiro atoms. The van der Waals surface area contributed by atoms with Crippen molar-refractivity contribution in [1.82, 2.24) is 0 Å². The summed E-state index contributed by atoms with van der Waals surface area (Å²) in [4.78, 5) is 25.0. The van der Waals surface area contributed by atoms with E-state index in [0.29, 0.717) is 17.9 Å². The van der Waals surface area contributed by atoms with E-state index in [-0.39, 0.29) is 6.73 Å². The Morgan fingerprint density at radius 2 is 1.84 bits per heavy atom. The maximum absolute atomic E-state index is 11.9. The van der Waals surface area contributed by atoms with Crippen molar-refractivity contribution in [3.8, 4) is 0 Å². The Balaban J connectivity index is 1.98. The second-order valence-electron chi connectivity index (χ2n) is 5.93. The van der Waals surface area contributed by atoms with Gasteiger partial charge in [-0.25, -0.2) is 0 Å². The summed E-state index contributed by atoms with van der Waals surface area (Å²) < 4.78 is 5.56. The average Bonchev–Trinajstić information content (AvgIpc) is 2.58. The fourth-order valence-corrected chi connectivity index (χ4v) is 2.67. The Morgan fingerprint density at radius 3 is 2.53 bits per heavy atom. The first-order valence-electron chi connectivity index (χ1n) is 6.43. The Labute approximate surface area is 114 Å². The van der Waals surface area contributed by atoms with Crippen LogP contribution in [0, 0.1) is 0 Å². The molecule has 0 unspecified atom stereocenters. The largest absolute Gasteiger partial charge is 0.361 e. The van der Waals surface area contributed by atoms with Gasteiger partial charge in [0.2, 0.25) is 0 Å². The summed E-state index contributed by atoms with van der Waals surface area (Å²) in [6.45, 7) is 7.62. The van der Waals surface area contributed by atoms with E-state index in [1.54, 1.807) is 18.2 Å². The third-order valence-electron chi connectivity index (χ3n) is 3.10. The summed E-state index contributed by atoms with van der Waals surface area (Å²) in [6.07, 6.45) is 0. The molecule has 0 atom stereocenters. The van der Waals surface area contributed by atoms with Gasteiger partial charge < -0.3 is 4.74 Å². The van der Waals surface area contributed by atoms with Gasteiger partial charge in [-0.2, -0.15) is 0 Å². The highest BCUT2D eigenvalue weighted by Gasteiger charge is 2.35. The fraction of sp³-hybridized carbons (Fsp3) is 0.429. The van der Waals surface area contributed by atoms with E-state index in [0.717, 1.165) is 6.04 Å². The van der Waals surface area contributed by atoms with Gasteiger partial charge in [-0.15, -0.1) is 0 Å². The zero-order chi connectivity index (χ0) is 14.0. The normalized spacial score (nSPS) is 15.0. The first-order chi connectivity index (χ1) is 8.90. The van der Waals surface area contributed by atoms with Gasteiger partial charge in [0.05, 0.1) is 11.3 Å². The van der Waals surface area contributed by atoms with E-state index in [1.165, 1.54) is 4.90 Å². The molecule has 0 N–H and O–H groups in total. The lowest BCUT2D eigenvalue weighted by Gasteiger charge is -2.19. The molecule has 5 heteroatoms. The molecule has 0 aliphatic carbocycles. The van der Waals surface area contributed by atoms with Crippen LogP contribution in [0.3, 0.4) is 0 Å². The quantitative estimate of drug-likeness (QED) is 0.472. The number of nitrogens with zero attached hydrogens (tertiary/aromatic N) is 1. The van der Waals surface area contributed by atoms with E-state index in [4.69, 9.17) is 4.74 Å². The monoisotopic (exact) mass is 277 g/mol. The third-order valence-corrected chi connectivity index (χ3v) is 4.80. The van der Waals surface area contributed by atoms with Crippen LogP contribution in [0.1, 0.15) is 10.4 Å². The topological polar surface area (TPSA) is 46.6 Å². The van der Waals surface area contributed by atoms with Crippen LogP contribution in [0.5, 0.6) is 0 Å². The number of benzene rings is 1. The van der Waals surface area contributed by atoms with Crippen LogP contribution < -0.4 is 4.90 Å². The highest BCUT2D eigenvalue weighted by molar-refractivity contribution is 6.76. The molecule has 0 fully saturated rings. The molecule has 1 aromatic carbocycles. The molecular formula is C14H19NO3Si. The number of fused-ring (bicyclic) bond motifs is 1. The van der Waals surface area contributed by atoms with Crippen molar-refractivity contribution in [2.45, 2.75) is 25.7 Å². The van der Waals surface area contributed by atoms with Crippen molar-refractivity contribution in [2.75, 3.05) is 18.2 Å². The van der Waals surface area contributed by atoms with Crippen LogP contribution in [0.4, 0.5) is 5.69 Å². The van der Waals surface area contributed by atoms with Crippen molar-refractivity contribution in [3.63, 3.8) is 0 Å². The predicted molar refractivity (Wildman–Crippen MR) is 77.2 cm³/mol. The van der Waals surface area contributed by atoms with E-state index in [9.17, 15) is 9.59 Å². The third kappa shape index (κ3) is 3.11. The molecule has 1 aliphatic rings. The molecule has 1 aliphatic heterocycles. The van der Waals surface area contributed by atoms with Crippen LogP contribution >= 0.6 is 0 Å². The molecule has 4 nitrogen and oxygen atoms in total. The molecular weight excluding hydrogens is 258 g/mol. The number of hydrogen-bond donors (Lipinski definition) is 0. The first-order valence-corrected chi connectivity index (χ1v) is 10.1. The van der Waals surface area contributed by atoms with Gasteiger partial charge >= 0.3 is 5.91 Å². The summed E-state index contributed by atoms with van der Waals surface area (Å²) in [5, 5.41) is 0. The SMILES string of the molecule is C[Si](C)(C)CCOCN1C(=O)C(=O)c2ccccc21. The Kier molecular flexibility index (Phi) is 3.87. The van der Waals surface area contributed by atoms with Gasteiger partial charge in [0.15, 0.2) is 0 Å². The number of ether oxygens (including phenoxy) is 1. The zero-order valence-electron chi connectivity index (χ0n) is 11.6. The smallest absolute Gasteiger partial charge is 0.301 e. The van der Waals surface area contributed by atoms with E-state index >= 15 is 0 Å². The summed E-state index contributed by atoms with van der Waals surface area (Å²) >= 11 is 0. The minimum atomic E-state index is -1.13. The van der Waals surface area contributed by atoms with Crippen LogP contribution in [0.25, 0.3) is 0 Å². The molecule has 102 valence electrons. The van der Waals surface area contributed by atoms with Crippen molar-refractivity contribution in [1.29, 1.82) is 0 Å². The van der Waals surface area contributed by atoms with Crippen LogP contribution in [0.2, 0.25) is 25.7 Å². The van der Waals surface area contributed by atoms with E-state index in [2.05, 4.69) is 19.6 Å². The minimum absolute atomic E-state index is 0.159. The van der Waals surface area contributed by atoms with Gasteiger partial charge in [0, 0.05) is 14.7 Å². The van der Waals surface area contributed by atoms with Crippen molar-refractivity contribution in [3.05, 3.63) is 29.8 Å². The van der Waals surface area contributed by atoms with Crippen molar-refractivity contribution < 1.29 is 14.3 Å². The number of carbonyl (C=O) groups is 2. The summed E-state index contributed by atoms with van der Waals surface area (Å²) in [5.74, 6) is -0.932. The van der Waals surface area contributed by atoms with Gasteiger partial charge in [0.1, 0.15) is 6.73 Å². The molecule has 0 bridgehead atoms. The number of anilines is 1. The summed E-state index contributed by atoms with van der Waals surface area (Å²) in [6, 6.07) is 8.08. The molecule has 0 saturated carbocycles. The highest BCUT2D eigenvalue weighted by atomic mass is 28.3. The molecule has 0 radical (unpaired) electrons. The minimum Gasteiger partial charge on any atom is -0.361 e. The predicted octanol–water partition coefficient (Wildman–Crippen LogP) is 2.53. The Hall–Kier alpha value is -1.46. The lowest BCUT2D eigenvalue weighted by molar-refractivity contribution is -0.115. The van der Waals surface area contributed by atoms with Crippen LogP contribution in [-0.2, 0) is 9.53 Å². The van der Waals surface area contributed by atoms with E-state index < -0.39 is 19.8 Å². The maximum Gasteiger partial charge on any atom is 0.301 e. The molecule has 0 saturated heterocycles. The molecule has 0 aromatic heterocycles. The maximum atomic E-state index is 11.9. The van der Waals surface area contributed by atoms with Crippen LogP contribution in [-0.4, -0.2) is 33.1 Å². The average molecular weight is 277 g/mol. The zero-order valence-corrected chi connectivity index (χ0v) is 12.6. The number of rotatable bonds is 5. The number of para-hydroxylation sites is 1. The number of amides is 1. The summed E-state index contributed by atoms with van der Waals surface area (Å²) in [7, 11) is -1.13. The number of hydrogen-bond acceptors (Lipinski definition) is 3. The number of Topliss-reactive ketones (excluding diaryl/α,β-unsaturated/α-hetero) is 1. The number of carbonyl (C=O) groups excluding carboxylic acids is 2. The van der Waals surface area contributed by atoms with Crippen LogP contribution in [0.15, 0.2) is 24.3 Å². The van der Waals surface area contributed by atoms with Gasteiger partial charge in [-0.1, -0.05) is 31.8 Å². The van der Waals surface area contributed by atoms with Gasteiger partial charge in [-0.05, 0) is 18.2 Å². The molecule has 2 rings (SSSR count). The molecule has 1 aromatic rings. The summed E-state index contributed by atoms with van der Waals surface area (Å²) in [5.41, 5.74) is 1.13. The van der Waals surface area contributed by atoms with Crippen molar-refractivity contribution >= 4 is 25.5 Å². The molecule has 1 amide bonds. The Bertz CT molecular complexity index is 508. The Morgan fingerprint density at radius 1 is 1.16 bits per heavy atom. The number of ketones is 1. The standard InChI is InChI=1S/C14H19NO3Si/c1-19(2,3)9-8-18-10-15-12-7-5-4-6-11(12)13(16)14(15)17/h4-7H,8-10H2,1-3H3. The highest BCUT2D eigenvalue weighted by Crippen LogP contribution is 2.28. The molecule has 19 heavy (non-hydrogen) atoms. The van der Waals surface area contributed by atoms with Gasteiger partial charge in [-0.3, -0.25) is 14.5 Å². The lowest BCUT2D eigenvalue weighted by atomic mass is 10.1. The fourth-order valence-electron chi connectivity index (χ4n) is 1.91.